The van der Waals surface area contributed by atoms with E-state index in [2.05, 4.69) is 11.4 Å². The molecule has 1 aliphatic rings. The molecule has 6 nitrogen and oxygen atoms in total. The number of methoxy groups -OCH3 is 1. The Morgan fingerprint density at radius 2 is 1.85 bits per heavy atom. The minimum absolute atomic E-state index is 0.0547. The maximum absolute atomic E-state index is 13.5. The first-order valence-electron chi connectivity index (χ1n) is 10.7. The number of carbonyl (C=O) groups is 1. The lowest BCUT2D eigenvalue weighted by Gasteiger charge is -2.29. The molecule has 0 saturated carbocycles. The van der Waals surface area contributed by atoms with Gasteiger partial charge in [0.2, 0.25) is 5.91 Å². The van der Waals surface area contributed by atoms with Crippen molar-refractivity contribution in [3.05, 3.63) is 88.9 Å². The van der Waals surface area contributed by atoms with Crippen LogP contribution in [0.5, 0.6) is 5.75 Å². The molecule has 0 radical (unpaired) electrons. The van der Waals surface area contributed by atoms with E-state index in [1.165, 1.54) is 30.9 Å². The van der Waals surface area contributed by atoms with Crippen molar-refractivity contribution < 1.29 is 17.9 Å². The van der Waals surface area contributed by atoms with Gasteiger partial charge in [-0.3, -0.25) is 9.10 Å². The second-order valence-corrected chi connectivity index (χ2v) is 10.2. The average molecular weight is 485 g/mol. The molecular formula is C25H25ClN2O4S. The third-order valence-corrected chi connectivity index (χ3v) is 7.76. The molecule has 3 aromatic carbocycles. The van der Waals surface area contributed by atoms with Gasteiger partial charge < -0.3 is 10.1 Å². The number of fused-ring (bicyclic) bond motifs is 1. The quantitative estimate of drug-likeness (QED) is 0.525. The maximum atomic E-state index is 13.5. The third-order valence-electron chi connectivity index (χ3n) is 5.74. The summed E-state index contributed by atoms with van der Waals surface area (Å²) in [6.07, 6.45) is 2.75. The van der Waals surface area contributed by atoms with Crippen LogP contribution in [0.1, 0.15) is 30.0 Å². The molecule has 33 heavy (non-hydrogen) atoms. The molecule has 1 N–H and O–H groups in total. The Labute approximate surface area is 199 Å². The van der Waals surface area contributed by atoms with Gasteiger partial charge in [0.25, 0.3) is 10.0 Å². The van der Waals surface area contributed by atoms with Gasteiger partial charge in [0, 0.05) is 5.02 Å². The van der Waals surface area contributed by atoms with Gasteiger partial charge in [0.1, 0.15) is 12.3 Å². The highest BCUT2D eigenvalue weighted by Crippen LogP contribution is 2.30. The Balaban J connectivity index is 1.62. The number of aryl methyl sites for hydroxylation is 1. The average Bonchev–Trinajstić information content (AvgIpc) is 2.83. The van der Waals surface area contributed by atoms with Crippen LogP contribution in [0.15, 0.2) is 77.7 Å². The lowest BCUT2D eigenvalue weighted by molar-refractivity contribution is -0.120. The zero-order chi connectivity index (χ0) is 23.4. The van der Waals surface area contributed by atoms with Crippen LogP contribution in [0.2, 0.25) is 5.02 Å². The summed E-state index contributed by atoms with van der Waals surface area (Å²) in [5.41, 5.74) is 2.62. The standard InChI is InChI=1S/C25H25ClN2O4S/c1-32-21-12-14-22(15-13-21)33(30,31)28(20-9-5-8-19(26)16-20)17-25(29)27-24-11-4-7-18-6-2-3-10-23(18)24/h2-3,5-6,8-10,12-16,24H,4,7,11,17H2,1H3,(H,27,29). The normalized spacial score (nSPS) is 15.4. The number of halogens is 1. The summed E-state index contributed by atoms with van der Waals surface area (Å²) >= 11 is 6.13. The molecule has 0 bridgehead atoms. The van der Waals surface area contributed by atoms with Crippen molar-refractivity contribution in [2.45, 2.75) is 30.2 Å². The first-order valence-corrected chi connectivity index (χ1v) is 12.5. The van der Waals surface area contributed by atoms with Crippen molar-refractivity contribution in [1.29, 1.82) is 0 Å². The second-order valence-electron chi connectivity index (χ2n) is 7.88. The molecule has 0 fully saturated rings. The molecule has 0 spiro atoms. The van der Waals surface area contributed by atoms with Gasteiger partial charge >= 0.3 is 0 Å². The number of carbonyl (C=O) groups excluding carboxylic acids is 1. The van der Waals surface area contributed by atoms with Crippen LogP contribution in [0, 0.1) is 0 Å². The summed E-state index contributed by atoms with van der Waals surface area (Å²) in [5, 5.41) is 3.41. The second kappa shape index (κ2) is 9.85. The summed E-state index contributed by atoms with van der Waals surface area (Å²) in [4.78, 5) is 13.2. The molecule has 3 aromatic rings. The number of hydrogen-bond acceptors (Lipinski definition) is 4. The predicted octanol–water partition coefficient (Wildman–Crippen LogP) is 4.74. The van der Waals surface area contributed by atoms with E-state index in [1.807, 2.05) is 18.2 Å². The van der Waals surface area contributed by atoms with Gasteiger partial charge in [-0.25, -0.2) is 8.42 Å². The lowest BCUT2D eigenvalue weighted by atomic mass is 9.88. The van der Waals surface area contributed by atoms with E-state index < -0.39 is 10.0 Å². The van der Waals surface area contributed by atoms with E-state index in [-0.39, 0.29) is 23.4 Å². The molecule has 172 valence electrons. The van der Waals surface area contributed by atoms with Crippen molar-refractivity contribution in [2.24, 2.45) is 0 Å². The van der Waals surface area contributed by atoms with Crippen LogP contribution in [0.4, 0.5) is 5.69 Å². The molecule has 1 atom stereocenters. The zero-order valence-electron chi connectivity index (χ0n) is 18.2. The lowest BCUT2D eigenvalue weighted by Crippen LogP contribution is -2.42. The fraction of sp³-hybridized carbons (Fsp3) is 0.240. The van der Waals surface area contributed by atoms with E-state index >= 15 is 0 Å². The van der Waals surface area contributed by atoms with Crippen molar-refractivity contribution in [1.82, 2.24) is 5.32 Å². The maximum Gasteiger partial charge on any atom is 0.264 e. The van der Waals surface area contributed by atoms with E-state index in [1.54, 1.807) is 30.3 Å². The zero-order valence-corrected chi connectivity index (χ0v) is 19.8. The smallest absolute Gasteiger partial charge is 0.264 e. The van der Waals surface area contributed by atoms with Gasteiger partial charge in [-0.1, -0.05) is 41.9 Å². The van der Waals surface area contributed by atoms with Crippen LogP contribution in [0.25, 0.3) is 0 Å². The van der Waals surface area contributed by atoms with E-state index in [0.717, 1.165) is 29.1 Å². The van der Waals surface area contributed by atoms with Crippen LogP contribution in [-0.4, -0.2) is 28.0 Å². The number of amides is 1. The number of rotatable bonds is 7. The van der Waals surface area contributed by atoms with Gasteiger partial charge in [0.05, 0.1) is 23.7 Å². The van der Waals surface area contributed by atoms with Crippen LogP contribution in [-0.2, 0) is 21.2 Å². The molecular weight excluding hydrogens is 460 g/mol. The van der Waals surface area contributed by atoms with Crippen molar-refractivity contribution in [3.8, 4) is 5.75 Å². The number of anilines is 1. The van der Waals surface area contributed by atoms with E-state index in [9.17, 15) is 13.2 Å². The highest BCUT2D eigenvalue weighted by Gasteiger charge is 2.29. The predicted molar refractivity (Wildman–Crippen MR) is 129 cm³/mol. The van der Waals surface area contributed by atoms with Crippen LogP contribution in [0.3, 0.4) is 0 Å². The third kappa shape index (κ3) is 5.15. The van der Waals surface area contributed by atoms with E-state index in [4.69, 9.17) is 16.3 Å². The highest BCUT2D eigenvalue weighted by atomic mass is 35.5. The monoisotopic (exact) mass is 484 g/mol. The van der Waals surface area contributed by atoms with Crippen molar-refractivity contribution >= 4 is 33.2 Å². The molecule has 0 aromatic heterocycles. The number of nitrogens with one attached hydrogen (secondary N) is 1. The fourth-order valence-corrected chi connectivity index (χ4v) is 5.69. The van der Waals surface area contributed by atoms with E-state index in [0.29, 0.717) is 16.5 Å². The largest absolute Gasteiger partial charge is 0.497 e. The molecule has 0 heterocycles. The van der Waals surface area contributed by atoms with Gasteiger partial charge in [-0.05, 0) is 72.9 Å². The number of ether oxygens (including phenoxy) is 1. The minimum atomic E-state index is -4.03. The fourth-order valence-electron chi connectivity index (χ4n) is 4.10. The van der Waals surface area contributed by atoms with Crippen molar-refractivity contribution in [3.63, 3.8) is 0 Å². The number of sulfonamides is 1. The number of benzene rings is 3. The van der Waals surface area contributed by atoms with Gasteiger partial charge in [-0.2, -0.15) is 0 Å². The summed E-state index contributed by atoms with van der Waals surface area (Å²) in [6.45, 7) is -0.368. The van der Waals surface area contributed by atoms with Gasteiger partial charge in [-0.15, -0.1) is 0 Å². The summed E-state index contributed by atoms with van der Waals surface area (Å²) in [5.74, 6) is 0.158. The molecule has 0 aliphatic heterocycles. The van der Waals surface area contributed by atoms with Crippen molar-refractivity contribution in [2.75, 3.05) is 18.0 Å². The summed E-state index contributed by atoms with van der Waals surface area (Å²) in [7, 11) is -2.52. The Bertz CT molecular complexity index is 1250. The SMILES string of the molecule is COc1ccc(S(=O)(=O)N(CC(=O)NC2CCCc3ccccc32)c2cccc(Cl)c2)cc1. The van der Waals surface area contributed by atoms with Crippen LogP contribution < -0.4 is 14.4 Å². The Morgan fingerprint density at radius 1 is 1.09 bits per heavy atom. The topological polar surface area (TPSA) is 75.7 Å². The Hall–Kier alpha value is -3.03. The Morgan fingerprint density at radius 3 is 2.58 bits per heavy atom. The molecule has 1 unspecified atom stereocenters. The molecule has 0 saturated heterocycles. The minimum Gasteiger partial charge on any atom is -0.497 e. The first kappa shape index (κ1) is 23.1. The molecule has 1 aliphatic carbocycles. The molecule has 1 amide bonds. The first-order chi connectivity index (χ1) is 15.9. The van der Waals surface area contributed by atoms with Gasteiger partial charge in [0.15, 0.2) is 0 Å². The Kier molecular flexibility index (Phi) is 6.91. The highest BCUT2D eigenvalue weighted by molar-refractivity contribution is 7.92. The molecule has 8 heteroatoms. The molecule has 4 rings (SSSR count). The summed E-state index contributed by atoms with van der Waals surface area (Å²) in [6, 6.07) is 20.4. The van der Waals surface area contributed by atoms with Crippen LogP contribution >= 0.6 is 11.6 Å². The number of hydrogen-bond donors (Lipinski definition) is 1. The number of nitrogens with zero attached hydrogens (tertiary/aromatic N) is 1. The summed E-state index contributed by atoms with van der Waals surface area (Å²) < 4.78 is 33.3.